The van der Waals surface area contributed by atoms with Crippen LogP contribution in [0.5, 0.6) is 0 Å². The first kappa shape index (κ1) is 19.1. The van der Waals surface area contributed by atoms with Gasteiger partial charge in [0.1, 0.15) is 0 Å². The predicted molar refractivity (Wildman–Crippen MR) is 109 cm³/mol. The molecule has 1 atom stereocenters. The minimum Gasteiger partial charge on any atom is -0.390 e. The molecule has 0 radical (unpaired) electrons. The maximum absolute atomic E-state index is 10.4. The van der Waals surface area contributed by atoms with Crippen molar-refractivity contribution < 1.29 is 5.11 Å². The van der Waals surface area contributed by atoms with E-state index in [-0.39, 0.29) is 0 Å². The molecule has 1 saturated carbocycles. The fourth-order valence-corrected chi connectivity index (χ4v) is 4.41. The van der Waals surface area contributed by atoms with Crippen LogP contribution < -0.4 is 0 Å². The molecule has 1 fully saturated rings. The highest BCUT2D eigenvalue weighted by Crippen LogP contribution is 2.37. The molecule has 140 valence electrons. The summed E-state index contributed by atoms with van der Waals surface area (Å²) in [6.07, 6.45) is 4.55. The lowest BCUT2D eigenvalue weighted by Crippen LogP contribution is -2.42. The SMILES string of the molecule is CC(c1ccccc1)N(Cc1ccccc1)C1CCC(C(C)(C)O)CC1. The van der Waals surface area contributed by atoms with Crippen molar-refractivity contribution in [2.75, 3.05) is 0 Å². The molecule has 1 aliphatic rings. The number of nitrogens with zero attached hydrogens (tertiary/aromatic N) is 1. The van der Waals surface area contributed by atoms with E-state index in [1.807, 2.05) is 13.8 Å². The van der Waals surface area contributed by atoms with Gasteiger partial charge in [0.15, 0.2) is 0 Å². The molecule has 0 heterocycles. The molecule has 1 N–H and O–H groups in total. The molecule has 0 aromatic heterocycles. The Balaban J connectivity index is 1.77. The van der Waals surface area contributed by atoms with E-state index in [9.17, 15) is 5.11 Å². The molecule has 3 rings (SSSR count). The summed E-state index contributed by atoms with van der Waals surface area (Å²) in [6, 6.07) is 22.6. The van der Waals surface area contributed by atoms with Gasteiger partial charge in [-0.2, -0.15) is 0 Å². The summed E-state index contributed by atoms with van der Waals surface area (Å²) in [5, 5.41) is 10.4. The number of rotatable bonds is 6. The van der Waals surface area contributed by atoms with Crippen molar-refractivity contribution in [1.82, 2.24) is 4.90 Å². The van der Waals surface area contributed by atoms with E-state index in [2.05, 4.69) is 72.5 Å². The molecule has 2 nitrogen and oxygen atoms in total. The van der Waals surface area contributed by atoms with E-state index in [1.54, 1.807) is 0 Å². The molecule has 2 heteroatoms. The number of aliphatic hydroxyl groups is 1. The van der Waals surface area contributed by atoms with E-state index in [4.69, 9.17) is 0 Å². The van der Waals surface area contributed by atoms with Crippen LogP contribution in [0.4, 0.5) is 0 Å². The van der Waals surface area contributed by atoms with Crippen LogP contribution in [-0.2, 0) is 6.54 Å². The average molecular weight is 352 g/mol. The lowest BCUT2D eigenvalue weighted by atomic mass is 9.76. The first-order valence-electron chi connectivity index (χ1n) is 10.0. The highest BCUT2D eigenvalue weighted by atomic mass is 16.3. The minimum absolute atomic E-state index is 0.389. The molecular weight excluding hydrogens is 318 g/mol. The van der Waals surface area contributed by atoms with E-state index in [0.29, 0.717) is 18.0 Å². The molecule has 26 heavy (non-hydrogen) atoms. The normalized spacial score (nSPS) is 22.3. The Morgan fingerprint density at radius 2 is 1.46 bits per heavy atom. The van der Waals surface area contributed by atoms with Gasteiger partial charge < -0.3 is 5.11 Å². The minimum atomic E-state index is -0.555. The third kappa shape index (κ3) is 4.75. The van der Waals surface area contributed by atoms with Gasteiger partial charge >= 0.3 is 0 Å². The van der Waals surface area contributed by atoms with E-state index < -0.39 is 5.60 Å². The Kier molecular flexibility index (Phi) is 6.16. The summed E-state index contributed by atoms with van der Waals surface area (Å²) >= 11 is 0. The molecule has 2 aromatic rings. The van der Waals surface area contributed by atoms with Gasteiger partial charge in [-0.15, -0.1) is 0 Å². The highest BCUT2D eigenvalue weighted by molar-refractivity contribution is 5.20. The summed E-state index contributed by atoms with van der Waals surface area (Å²) in [5.41, 5.74) is 2.20. The summed E-state index contributed by atoms with van der Waals surface area (Å²) in [4.78, 5) is 2.67. The lowest BCUT2D eigenvalue weighted by Gasteiger charge is -2.43. The Morgan fingerprint density at radius 3 is 2.00 bits per heavy atom. The van der Waals surface area contributed by atoms with Gasteiger partial charge in [-0.25, -0.2) is 0 Å². The molecule has 1 unspecified atom stereocenters. The zero-order valence-corrected chi connectivity index (χ0v) is 16.4. The maximum atomic E-state index is 10.4. The van der Waals surface area contributed by atoms with E-state index >= 15 is 0 Å². The smallest absolute Gasteiger partial charge is 0.0619 e. The standard InChI is InChI=1S/C24H33NO/c1-19(21-12-8-5-9-13-21)25(18-20-10-6-4-7-11-20)23-16-14-22(15-17-23)24(2,3)26/h4-13,19,22-23,26H,14-18H2,1-3H3. The largest absolute Gasteiger partial charge is 0.390 e. The maximum Gasteiger partial charge on any atom is 0.0619 e. The first-order chi connectivity index (χ1) is 12.4. The predicted octanol–water partition coefficient (Wildman–Crippen LogP) is 5.58. The second-order valence-corrected chi connectivity index (χ2v) is 8.40. The van der Waals surface area contributed by atoms with Gasteiger partial charge in [-0.3, -0.25) is 4.90 Å². The Morgan fingerprint density at radius 1 is 0.923 bits per heavy atom. The van der Waals surface area contributed by atoms with Gasteiger partial charge in [-0.1, -0.05) is 60.7 Å². The Hall–Kier alpha value is -1.64. The van der Waals surface area contributed by atoms with Crippen molar-refractivity contribution in [2.24, 2.45) is 5.92 Å². The second-order valence-electron chi connectivity index (χ2n) is 8.40. The summed E-state index contributed by atoms with van der Waals surface area (Å²) < 4.78 is 0. The quantitative estimate of drug-likeness (QED) is 0.734. The van der Waals surface area contributed by atoms with Crippen LogP contribution in [0.2, 0.25) is 0 Å². The third-order valence-electron chi connectivity index (χ3n) is 6.15. The topological polar surface area (TPSA) is 23.5 Å². The monoisotopic (exact) mass is 351 g/mol. The van der Waals surface area contributed by atoms with Crippen molar-refractivity contribution in [3.8, 4) is 0 Å². The molecule has 2 aromatic carbocycles. The summed E-state index contributed by atoms with van der Waals surface area (Å²) in [6.45, 7) is 7.24. The summed E-state index contributed by atoms with van der Waals surface area (Å²) in [5.74, 6) is 0.421. The second kappa shape index (κ2) is 8.37. The zero-order chi connectivity index (χ0) is 18.6. The molecule has 0 aliphatic heterocycles. The van der Waals surface area contributed by atoms with Crippen LogP contribution >= 0.6 is 0 Å². The molecule has 0 amide bonds. The summed E-state index contributed by atoms with van der Waals surface area (Å²) in [7, 11) is 0. The molecular formula is C24H33NO. The van der Waals surface area contributed by atoms with Gasteiger partial charge in [0.2, 0.25) is 0 Å². The van der Waals surface area contributed by atoms with Gasteiger partial charge in [0.05, 0.1) is 5.60 Å². The number of benzene rings is 2. The van der Waals surface area contributed by atoms with Crippen LogP contribution in [0.25, 0.3) is 0 Å². The number of hydrogen-bond donors (Lipinski definition) is 1. The third-order valence-corrected chi connectivity index (χ3v) is 6.15. The fourth-order valence-electron chi connectivity index (χ4n) is 4.41. The Labute approximate surface area is 158 Å². The number of hydrogen-bond acceptors (Lipinski definition) is 2. The van der Waals surface area contributed by atoms with E-state index in [0.717, 1.165) is 19.4 Å². The van der Waals surface area contributed by atoms with Crippen molar-refractivity contribution >= 4 is 0 Å². The van der Waals surface area contributed by atoms with Crippen molar-refractivity contribution in [3.63, 3.8) is 0 Å². The average Bonchev–Trinajstić information content (AvgIpc) is 2.66. The van der Waals surface area contributed by atoms with Crippen molar-refractivity contribution in [1.29, 1.82) is 0 Å². The first-order valence-corrected chi connectivity index (χ1v) is 10.0. The van der Waals surface area contributed by atoms with Crippen molar-refractivity contribution in [3.05, 3.63) is 71.8 Å². The zero-order valence-electron chi connectivity index (χ0n) is 16.4. The Bertz CT molecular complexity index is 654. The van der Waals surface area contributed by atoms with Gasteiger partial charge in [-0.05, 0) is 63.5 Å². The van der Waals surface area contributed by atoms with Gasteiger partial charge in [0, 0.05) is 18.6 Å². The molecule has 1 aliphatic carbocycles. The van der Waals surface area contributed by atoms with Gasteiger partial charge in [0.25, 0.3) is 0 Å². The van der Waals surface area contributed by atoms with Crippen LogP contribution in [0, 0.1) is 5.92 Å². The molecule has 0 spiro atoms. The van der Waals surface area contributed by atoms with Crippen LogP contribution in [0.1, 0.15) is 63.6 Å². The molecule has 0 saturated heterocycles. The van der Waals surface area contributed by atoms with Crippen LogP contribution in [-0.4, -0.2) is 21.6 Å². The van der Waals surface area contributed by atoms with Crippen LogP contribution in [0.15, 0.2) is 60.7 Å². The van der Waals surface area contributed by atoms with Crippen molar-refractivity contribution in [2.45, 2.75) is 70.7 Å². The lowest BCUT2D eigenvalue weighted by molar-refractivity contribution is -0.0174. The fraction of sp³-hybridized carbons (Fsp3) is 0.500. The van der Waals surface area contributed by atoms with Crippen LogP contribution in [0.3, 0.4) is 0 Å². The highest BCUT2D eigenvalue weighted by Gasteiger charge is 2.34. The van der Waals surface area contributed by atoms with E-state index in [1.165, 1.54) is 24.0 Å². The molecule has 0 bridgehead atoms.